The number of nitrogens with zero attached hydrogens (tertiary/aromatic N) is 2. The molecule has 2 atom stereocenters. The van der Waals surface area contributed by atoms with Crippen molar-refractivity contribution in [2.24, 2.45) is 11.5 Å². The van der Waals surface area contributed by atoms with Crippen molar-refractivity contribution in [1.82, 2.24) is 4.90 Å². The Morgan fingerprint density at radius 2 is 1.75 bits per heavy atom. The Morgan fingerprint density at radius 3 is 2.29 bits per heavy atom. The summed E-state index contributed by atoms with van der Waals surface area (Å²) in [7, 11) is 0. The van der Waals surface area contributed by atoms with E-state index >= 15 is 0 Å². The van der Waals surface area contributed by atoms with Crippen molar-refractivity contribution in [2.45, 2.75) is 25.0 Å². The van der Waals surface area contributed by atoms with E-state index in [2.05, 4.69) is 4.90 Å². The molecule has 0 saturated carbocycles. The number of ether oxygens (including phenoxy) is 1. The number of hydrogen-bond donors (Lipinski definition) is 2. The molecule has 1 aromatic carbocycles. The van der Waals surface area contributed by atoms with Gasteiger partial charge in [0.2, 0.25) is 5.91 Å². The predicted octanol–water partition coefficient (Wildman–Crippen LogP) is -0.0596. The highest BCUT2D eigenvalue weighted by Gasteiger charge is 2.34. The number of carbonyl (C=O) groups excluding carboxylic acids is 2. The first-order chi connectivity index (χ1) is 11.6. The van der Waals surface area contributed by atoms with Crippen LogP contribution in [0.15, 0.2) is 24.3 Å². The molecular weight excluding hydrogens is 308 g/mol. The van der Waals surface area contributed by atoms with E-state index in [1.165, 1.54) is 0 Å². The predicted molar refractivity (Wildman–Crippen MR) is 90.7 cm³/mol. The summed E-state index contributed by atoms with van der Waals surface area (Å²) in [5.74, 6) is -0.348. The number of anilines is 1. The van der Waals surface area contributed by atoms with Crippen LogP contribution in [-0.4, -0.2) is 61.6 Å². The molecule has 4 N–H and O–H groups in total. The third kappa shape index (κ3) is 3.52. The van der Waals surface area contributed by atoms with Crippen LogP contribution in [0.4, 0.5) is 5.69 Å². The second kappa shape index (κ2) is 7.19. The van der Waals surface area contributed by atoms with Gasteiger partial charge in [0.15, 0.2) is 0 Å². The minimum absolute atomic E-state index is 0.0176. The zero-order valence-corrected chi connectivity index (χ0v) is 13.7. The Morgan fingerprint density at radius 1 is 1.08 bits per heavy atom. The Kier molecular flexibility index (Phi) is 5.01. The zero-order chi connectivity index (χ0) is 17.1. The minimum Gasteiger partial charge on any atom is -0.368 e. The molecular formula is C17H24N4O3. The molecule has 24 heavy (non-hydrogen) atoms. The number of hydrogen-bond acceptors (Lipinski definition) is 5. The van der Waals surface area contributed by atoms with Gasteiger partial charge >= 0.3 is 0 Å². The standard InChI is InChI=1S/C17H24N4O3/c18-11-14-5-6-15(24-14)17(23)21-9-7-20(8-10-21)13-3-1-12(2-4-13)16(19)22/h1-4,14-15H,5-11,18H2,(H2,19,22)/t14-,15+/m1/s1. The summed E-state index contributed by atoms with van der Waals surface area (Å²) < 4.78 is 5.70. The molecule has 0 aromatic heterocycles. The fraction of sp³-hybridized carbons (Fsp3) is 0.529. The number of nitrogens with two attached hydrogens (primary N) is 2. The maximum atomic E-state index is 12.5. The van der Waals surface area contributed by atoms with Gasteiger partial charge in [0.25, 0.3) is 5.91 Å². The van der Waals surface area contributed by atoms with Crippen LogP contribution in [0.25, 0.3) is 0 Å². The van der Waals surface area contributed by atoms with Gasteiger partial charge in [-0.15, -0.1) is 0 Å². The van der Waals surface area contributed by atoms with Crippen LogP contribution in [0, 0.1) is 0 Å². The average molecular weight is 332 g/mol. The van der Waals surface area contributed by atoms with E-state index in [1.54, 1.807) is 12.1 Å². The van der Waals surface area contributed by atoms with E-state index in [9.17, 15) is 9.59 Å². The van der Waals surface area contributed by atoms with Gasteiger partial charge in [-0.25, -0.2) is 0 Å². The van der Waals surface area contributed by atoms with Gasteiger partial charge in [0, 0.05) is 44.0 Å². The van der Waals surface area contributed by atoms with Crippen molar-refractivity contribution in [3.63, 3.8) is 0 Å². The van der Waals surface area contributed by atoms with Gasteiger partial charge < -0.3 is 26.0 Å². The maximum Gasteiger partial charge on any atom is 0.251 e. The Bertz CT molecular complexity index is 596. The molecule has 3 rings (SSSR count). The van der Waals surface area contributed by atoms with Crippen LogP contribution in [0.1, 0.15) is 23.2 Å². The average Bonchev–Trinajstić information content (AvgIpc) is 3.10. The molecule has 7 heteroatoms. The molecule has 0 bridgehead atoms. The number of piperazine rings is 1. The molecule has 1 aromatic rings. The van der Waals surface area contributed by atoms with Gasteiger partial charge in [-0.2, -0.15) is 0 Å². The van der Waals surface area contributed by atoms with Crippen molar-refractivity contribution < 1.29 is 14.3 Å². The van der Waals surface area contributed by atoms with E-state index in [4.69, 9.17) is 16.2 Å². The topological polar surface area (TPSA) is 102 Å². The summed E-state index contributed by atoms with van der Waals surface area (Å²) in [6.07, 6.45) is 1.30. The Labute approximate surface area is 141 Å². The molecule has 0 aliphatic carbocycles. The van der Waals surface area contributed by atoms with Gasteiger partial charge in [-0.05, 0) is 37.1 Å². The van der Waals surface area contributed by atoms with Crippen LogP contribution in [0.5, 0.6) is 0 Å². The second-order valence-corrected chi connectivity index (χ2v) is 6.28. The lowest BCUT2D eigenvalue weighted by molar-refractivity contribution is -0.143. The lowest BCUT2D eigenvalue weighted by Gasteiger charge is -2.37. The first-order valence-electron chi connectivity index (χ1n) is 8.37. The molecule has 0 spiro atoms. The number of carbonyl (C=O) groups is 2. The van der Waals surface area contributed by atoms with Crippen LogP contribution >= 0.6 is 0 Å². The molecule has 0 radical (unpaired) electrons. The van der Waals surface area contributed by atoms with E-state index < -0.39 is 5.91 Å². The molecule has 7 nitrogen and oxygen atoms in total. The molecule has 2 saturated heterocycles. The molecule has 130 valence electrons. The fourth-order valence-electron chi connectivity index (χ4n) is 3.29. The molecule has 2 amide bonds. The molecule has 2 fully saturated rings. The highest BCUT2D eigenvalue weighted by molar-refractivity contribution is 5.93. The normalized spacial score (nSPS) is 24.2. The fourth-order valence-corrected chi connectivity index (χ4v) is 3.29. The van der Waals surface area contributed by atoms with E-state index in [-0.39, 0.29) is 18.1 Å². The molecule has 2 aliphatic heterocycles. The summed E-state index contributed by atoms with van der Waals surface area (Å²) in [5, 5.41) is 0. The van der Waals surface area contributed by atoms with Crippen LogP contribution < -0.4 is 16.4 Å². The molecule has 0 unspecified atom stereocenters. The quantitative estimate of drug-likeness (QED) is 0.804. The number of primary amides is 1. The summed E-state index contributed by atoms with van der Waals surface area (Å²) in [6, 6.07) is 7.25. The molecule has 2 heterocycles. The Hall–Kier alpha value is -2.12. The summed E-state index contributed by atoms with van der Waals surface area (Å²) >= 11 is 0. The number of amides is 2. The third-order valence-electron chi connectivity index (χ3n) is 4.75. The summed E-state index contributed by atoms with van der Waals surface area (Å²) in [6.45, 7) is 3.33. The van der Waals surface area contributed by atoms with Gasteiger partial charge in [0.05, 0.1) is 6.10 Å². The molecule has 2 aliphatic rings. The first kappa shape index (κ1) is 16.7. The third-order valence-corrected chi connectivity index (χ3v) is 4.75. The van der Waals surface area contributed by atoms with E-state index in [1.807, 2.05) is 17.0 Å². The lowest BCUT2D eigenvalue weighted by atomic mass is 10.1. The lowest BCUT2D eigenvalue weighted by Crippen LogP contribution is -2.51. The minimum atomic E-state index is -0.427. The van der Waals surface area contributed by atoms with Gasteiger partial charge in [-0.3, -0.25) is 9.59 Å². The zero-order valence-electron chi connectivity index (χ0n) is 13.7. The number of rotatable bonds is 4. The SMILES string of the molecule is NC[C@H]1CC[C@@H](C(=O)N2CCN(c3ccc(C(N)=O)cc3)CC2)O1. The van der Waals surface area contributed by atoms with E-state index in [0.29, 0.717) is 25.2 Å². The summed E-state index contributed by atoms with van der Waals surface area (Å²) in [5.41, 5.74) is 12.4. The van der Waals surface area contributed by atoms with E-state index in [0.717, 1.165) is 31.6 Å². The van der Waals surface area contributed by atoms with Gasteiger partial charge in [0.1, 0.15) is 6.10 Å². The van der Waals surface area contributed by atoms with Gasteiger partial charge in [-0.1, -0.05) is 0 Å². The smallest absolute Gasteiger partial charge is 0.251 e. The first-order valence-corrected chi connectivity index (χ1v) is 8.37. The van der Waals surface area contributed by atoms with Crippen molar-refractivity contribution in [1.29, 1.82) is 0 Å². The van der Waals surface area contributed by atoms with Crippen LogP contribution in [0.3, 0.4) is 0 Å². The monoisotopic (exact) mass is 332 g/mol. The van der Waals surface area contributed by atoms with Crippen LogP contribution in [-0.2, 0) is 9.53 Å². The van der Waals surface area contributed by atoms with Crippen molar-refractivity contribution >= 4 is 17.5 Å². The van der Waals surface area contributed by atoms with Crippen molar-refractivity contribution in [3.8, 4) is 0 Å². The maximum absolute atomic E-state index is 12.5. The van der Waals surface area contributed by atoms with Crippen molar-refractivity contribution in [3.05, 3.63) is 29.8 Å². The summed E-state index contributed by atoms with van der Waals surface area (Å²) in [4.78, 5) is 27.7. The highest BCUT2D eigenvalue weighted by atomic mass is 16.5. The Balaban J connectivity index is 1.54. The van der Waals surface area contributed by atoms with Crippen molar-refractivity contribution in [2.75, 3.05) is 37.6 Å². The second-order valence-electron chi connectivity index (χ2n) is 6.28. The largest absolute Gasteiger partial charge is 0.368 e. The highest BCUT2D eigenvalue weighted by Crippen LogP contribution is 2.22. The number of benzene rings is 1. The van der Waals surface area contributed by atoms with Crippen LogP contribution in [0.2, 0.25) is 0 Å².